The molecule has 0 radical (unpaired) electrons. The summed E-state index contributed by atoms with van der Waals surface area (Å²) in [5.74, 6) is 1.37. The van der Waals surface area contributed by atoms with E-state index in [1.807, 2.05) is 0 Å². The molecule has 1 aliphatic rings. The van der Waals surface area contributed by atoms with Crippen molar-refractivity contribution in [1.82, 2.24) is 20.4 Å². The minimum atomic E-state index is 0.429. The second-order valence-corrected chi connectivity index (χ2v) is 7.94. The van der Waals surface area contributed by atoms with Crippen LogP contribution in [0.1, 0.15) is 50.7 Å². The highest BCUT2D eigenvalue weighted by atomic mass is 15.3. The average Bonchev–Trinajstić information content (AvgIpc) is 2.72. The van der Waals surface area contributed by atoms with Gasteiger partial charge in [0.1, 0.15) is 0 Å². The van der Waals surface area contributed by atoms with E-state index in [9.17, 15) is 0 Å². The Bertz CT molecular complexity index is 561. The van der Waals surface area contributed by atoms with Gasteiger partial charge in [-0.1, -0.05) is 43.7 Å². The fraction of sp³-hybridized carbons (Fsp3) is 0.696. The van der Waals surface area contributed by atoms with Crippen molar-refractivity contribution in [3.8, 4) is 0 Å². The van der Waals surface area contributed by atoms with Crippen molar-refractivity contribution in [2.45, 2.75) is 46.5 Å². The Hall–Kier alpha value is -1.59. The molecule has 2 N–H and O–H groups in total. The van der Waals surface area contributed by atoms with Crippen LogP contribution in [0.5, 0.6) is 0 Å². The molecule has 28 heavy (non-hydrogen) atoms. The topological polar surface area (TPSA) is 42.9 Å². The third-order valence-corrected chi connectivity index (χ3v) is 5.62. The molecule has 1 atom stereocenters. The fourth-order valence-corrected chi connectivity index (χ4v) is 3.57. The lowest BCUT2D eigenvalue weighted by Gasteiger charge is -2.34. The molecule has 1 aliphatic heterocycles. The fourth-order valence-electron chi connectivity index (χ4n) is 3.57. The van der Waals surface area contributed by atoms with Crippen molar-refractivity contribution < 1.29 is 0 Å². The predicted molar refractivity (Wildman–Crippen MR) is 121 cm³/mol. The normalized spacial score (nSPS) is 17.5. The molecule has 0 spiro atoms. The van der Waals surface area contributed by atoms with Gasteiger partial charge < -0.3 is 20.4 Å². The van der Waals surface area contributed by atoms with Gasteiger partial charge in [-0.3, -0.25) is 4.99 Å². The lowest BCUT2D eigenvalue weighted by atomic mass is 10.0. The molecule has 0 saturated carbocycles. The number of nitrogens with zero attached hydrogens (tertiary/aromatic N) is 3. The Morgan fingerprint density at radius 2 is 1.68 bits per heavy atom. The zero-order valence-electron chi connectivity index (χ0n) is 18.5. The summed E-state index contributed by atoms with van der Waals surface area (Å²) < 4.78 is 0. The maximum Gasteiger partial charge on any atom is 0.191 e. The van der Waals surface area contributed by atoms with Crippen LogP contribution in [0.25, 0.3) is 0 Å². The highest BCUT2D eigenvalue weighted by Gasteiger charge is 2.14. The van der Waals surface area contributed by atoms with Crippen molar-refractivity contribution in [3.63, 3.8) is 0 Å². The Kier molecular flexibility index (Phi) is 10.4. The quantitative estimate of drug-likeness (QED) is 0.368. The summed E-state index contributed by atoms with van der Waals surface area (Å²) in [6.45, 7) is 18.8. The smallest absolute Gasteiger partial charge is 0.191 e. The molecule has 158 valence electrons. The number of nitrogens with one attached hydrogen (secondary N) is 2. The molecule has 1 aromatic carbocycles. The van der Waals surface area contributed by atoms with Crippen molar-refractivity contribution in [2.75, 3.05) is 58.9 Å². The van der Waals surface area contributed by atoms with Gasteiger partial charge in [0.05, 0.1) is 0 Å². The monoisotopic (exact) mass is 387 g/mol. The van der Waals surface area contributed by atoms with Gasteiger partial charge in [0.2, 0.25) is 0 Å². The largest absolute Gasteiger partial charge is 0.357 e. The molecule has 0 aromatic heterocycles. The van der Waals surface area contributed by atoms with E-state index in [0.29, 0.717) is 5.92 Å². The highest BCUT2D eigenvalue weighted by molar-refractivity contribution is 5.79. The highest BCUT2D eigenvalue weighted by Crippen LogP contribution is 2.15. The van der Waals surface area contributed by atoms with Gasteiger partial charge >= 0.3 is 0 Å². The molecule has 5 heteroatoms. The third-order valence-electron chi connectivity index (χ3n) is 5.62. The van der Waals surface area contributed by atoms with Gasteiger partial charge in [-0.15, -0.1) is 0 Å². The Labute approximate surface area is 172 Å². The number of piperazine rings is 1. The van der Waals surface area contributed by atoms with Crippen LogP contribution in [0.4, 0.5) is 0 Å². The molecule has 0 amide bonds. The first-order valence-electron chi connectivity index (χ1n) is 11.2. The van der Waals surface area contributed by atoms with E-state index in [-0.39, 0.29) is 0 Å². The summed E-state index contributed by atoms with van der Waals surface area (Å²) in [4.78, 5) is 9.94. The zero-order valence-corrected chi connectivity index (χ0v) is 18.5. The first-order chi connectivity index (χ1) is 13.6. The van der Waals surface area contributed by atoms with Crippen molar-refractivity contribution in [2.24, 2.45) is 4.99 Å². The van der Waals surface area contributed by atoms with E-state index in [1.165, 1.54) is 63.2 Å². The Balaban J connectivity index is 1.66. The van der Waals surface area contributed by atoms with Gasteiger partial charge in [0.25, 0.3) is 0 Å². The number of aliphatic imine (C=N–C) groups is 1. The van der Waals surface area contributed by atoms with Crippen molar-refractivity contribution >= 4 is 5.96 Å². The van der Waals surface area contributed by atoms with Crippen LogP contribution in [0.3, 0.4) is 0 Å². The van der Waals surface area contributed by atoms with E-state index < -0.39 is 0 Å². The predicted octanol–water partition coefficient (Wildman–Crippen LogP) is 3.07. The summed E-state index contributed by atoms with van der Waals surface area (Å²) in [6, 6.07) is 8.80. The molecule has 2 rings (SSSR count). The van der Waals surface area contributed by atoms with E-state index >= 15 is 0 Å². The summed E-state index contributed by atoms with van der Waals surface area (Å²) >= 11 is 0. The first kappa shape index (κ1) is 22.7. The first-order valence-corrected chi connectivity index (χ1v) is 11.2. The maximum atomic E-state index is 4.80. The SMILES string of the molecule is CCNC(=NCC(C)c1ccc(C)cc1)NCCCCN1CCN(CC)CC1. The zero-order chi connectivity index (χ0) is 20.2. The van der Waals surface area contributed by atoms with Crippen LogP contribution in [0, 0.1) is 6.92 Å². The van der Waals surface area contributed by atoms with Crippen LogP contribution in [-0.4, -0.2) is 74.7 Å². The molecule has 1 saturated heterocycles. The van der Waals surface area contributed by atoms with Crippen LogP contribution in [0.15, 0.2) is 29.3 Å². The molecule has 0 aliphatic carbocycles. The number of rotatable bonds is 10. The van der Waals surface area contributed by atoms with E-state index in [4.69, 9.17) is 4.99 Å². The molecule has 1 aromatic rings. The van der Waals surface area contributed by atoms with Gasteiger partial charge in [-0.05, 0) is 45.3 Å². The number of unbranched alkanes of at least 4 members (excludes halogenated alkanes) is 1. The van der Waals surface area contributed by atoms with E-state index in [0.717, 1.165) is 25.6 Å². The lowest BCUT2D eigenvalue weighted by Crippen LogP contribution is -2.46. The van der Waals surface area contributed by atoms with E-state index in [2.05, 4.69) is 72.4 Å². The van der Waals surface area contributed by atoms with Crippen LogP contribution in [0.2, 0.25) is 0 Å². The minimum Gasteiger partial charge on any atom is -0.357 e. The molecule has 1 unspecified atom stereocenters. The number of guanidine groups is 1. The number of benzene rings is 1. The summed E-state index contributed by atoms with van der Waals surface area (Å²) in [5.41, 5.74) is 2.66. The number of likely N-dealkylation sites (N-methyl/N-ethyl adjacent to an activating group) is 1. The average molecular weight is 388 g/mol. The second kappa shape index (κ2) is 12.8. The lowest BCUT2D eigenvalue weighted by molar-refractivity contribution is 0.136. The van der Waals surface area contributed by atoms with Crippen molar-refractivity contribution in [3.05, 3.63) is 35.4 Å². The molecule has 1 heterocycles. The van der Waals surface area contributed by atoms with Gasteiger partial charge in [0, 0.05) is 51.7 Å². The molecule has 1 fully saturated rings. The summed E-state index contributed by atoms with van der Waals surface area (Å²) in [7, 11) is 0. The van der Waals surface area contributed by atoms with Gasteiger partial charge in [-0.2, -0.15) is 0 Å². The molecule has 5 nitrogen and oxygen atoms in total. The van der Waals surface area contributed by atoms with Crippen LogP contribution >= 0.6 is 0 Å². The van der Waals surface area contributed by atoms with Crippen LogP contribution < -0.4 is 10.6 Å². The standard InChI is InChI=1S/C23H41N5/c1-5-24-23(26-19-21(4)22-11-9-20(3)10-12-22)25-13-7-8-14-28-17-15-27(6-2)16-18-28/h9-12,21H,5-8,13-19H2,1-4H3,(H2,24,25,26). The number of hydrogen-bond acceptors (Lipinski definition) is 3. The third kappa shape index (κ3) is 8.19. The molecular weight excluding hydrogens is 346 g/mol. The Morgan fingerprint density at radius 3 is 2.32 bits per heavy atom. The van der Waals surface area contributed by atoms with Crippen molar-refractivity contribution in [1.29, 1.82) is 0 Å². The van der Waals surface area contributed by atoms with E-state index in [1.54, 1.807) is 0 Å². The van der Waals surface area contributed by atoms with Crippen LogP contribution in [-0.2, 0) is 0 Å². The van der Waals surface area contributed by atoms with Gasteiger partial charge in [-0.25, -0.2) is 0 Å². The van der Waals surface area contributed by atoms with Gasteiger partial charge in [0.15, 0.2) is 5.96 Å². The minimum absolute atomic E-state index is 0.429. The molecular formula is C23H41N5. The number of aryl methyl sites for hydroxylation is 1. The second-order valence-electron chi connectivity index (χ2n) is 7.94. The number of hydrogen-bond donors (Lipinski definition) is 2. The maximum absolute atomic E-state index is 4.80. The summed E-state index contributed by atoms with van der Waals surface area (Å²) in [5, 5.41) is 6.88. The molecule has 0 bridgehead atoms. The summed E-state index contributed by atoms with van der Waals surface area (Å²) in [6.07, 6.45) is 2.43. The Morgan fingerprint density at radius 1 is 1.00 bits per heavy atom.